The van der Waals surface area contributed by atoms with Gasteiger partial charge in [0.05, 0.1) is 0 Å². The number of aromatic nitrogens is 4. The minimum Gasteiger partial charge on any atom is -0.471 e. The van der Waals surface area contributed by atoms with Crippen molar-refractivity contribution in [2.24, 2.45) is 0 Å². The predicted octanol–water partition coefficient (Wildman–Crippen LogP) is 2.58. The van der Waals surface area contributed by atoms with Crippen molar-refractivity contribution in [3.63, 3.8) is 0 Å². The molecule has 0 bridgehead atoms. The highest BCUT2D eigenvalue weighted by Crippen LogP contribution is 2.22. The van der Waals surface area contributed by atoms with E-state index in [-0.39, 0.29) is 12.4 Å². The number of halogens is 2. The number of hydrogen-bond acceptors (Lipinski definition) is 6. The molecule has 7 nitrogen and oxygen atoms in total. The number of imidazole rings is 1. The Kier molecular flexibility index (Phi) is 4.18. The van der Waals surface area contributed by atoms with Crippen LogP contribution in [0.2, 0.25) is 0 Å². The fourth-order valence-corrected chi connectivity index (χ4v) is 1.95. The third kappa shape index (κ3) is 3.44. The van der Waals surface area contributed by atoms with E-state index in [4.69, 9.17) is 4.74 Å². The van der Waals surface area contributed by atoms with Crippen molar-refractivity contribution in [1.29, 1.82) is 0 Å². The molecule has 0 unspecified atom stereocenters. The van der Waals surface area contributed by atoms with Crippen molar-refractivity contribution >= 4 is 17.1 Å². The van der Waals surface area contributed by atoms with Crippen molar-refractivity contribution in [3.05, 3.63) is 36.2 Å². The summed E-state index contributed by atoms with van der Waals surface area (Å²) in [5.74, 6) is 1.01. The smallest absolute Gasteiger partial charge is 0.387 e. The lowest BCUT2D eigenvalue weighted by molar-refractivity contribution is -0.0498. The van der Waals surface area contributed by atoms with E-state index in [1.165, 1.54) is 18.5 Å². The number of ether oxygens (including phenoxy) is 2. The van der Waals surface area contributed by atoms with Gasteiger partial charge in [-0.2, -0.15) is 18.7 Å². The first kappa shape index (κ1) is 14.9. The SMILES string of the molecule is CNc1nc2ncnc(OCc3ccc(OC(F)F)cc3)c2[nH]1. The van der Waals surface area contributed by atoms with Gasteiger partial charge in [0.1, 0.15) is 24.2 Å². The van der Waals surface area contributed by atoms with Gasteiger partial charge in [0, 0.05) is 7.05 Å². The van der Waals surface area contributed by atoms with Crippen LogP contribution in [0.3, 0.4) is 0 Å². The monoisotopic (exact) mass is 321 g/mol. The van der Waals surface area contributed by atoms with Crippen LogP contribution in [0.5, 0.6) is 11.6 Å². The lowest BCUT2D eigenvalue weighted by atomic mass is 10.2. The van der Waals surface area contributed by atoms with Crippen LogP contribution in [0.4, 0.5) is 14.7 Å². The van der Waals surface area contributed by atoms with Crippen LogP contribution < -0.4 is 14.8 Å². The van der Waals surface area contributed by atoms with Gasteiger partial charge in [-0.1, -0.05) is 12.1 Å². The lowest BCUT2D eigenvalue weighted by Gasteiger charge is -2.07. The normalized spacial score (nSPS) is 11.0. The zero-order valence-corrected chi connectivity index (χ0v) is 12.1. The highest BCUT2D eigenvalue weighted by molar-refractivity contribution is 5.78. The van der Waals surface area contributed by atoms with Crippen LogP contribution >= 0.6 is 0 Å². The van der Waals surface area contributed by atoms with Crippen LogP contribution in [0, 0.1) is 0 Å². The molecule has 3 rings (SSSR count). The molecule has 2 aromatic heterocycles. The number of alkyl halides is 2. The summed E-state index contributed by atoms with van der Waals surface area (Å²) < 4.78 is 34.1. The van der Waals surface area contributed by atoms with E-state index in [9.17, 15) is 8.78 Å². The largest absolute Gasteiger partial charge is 0.471 e. The lowest BCUT2D eigenvalue weighted by Crippen LogP contribution is -2.02. The van der Waals surface area contributed by atoms with Gasteiger partial charge in [-0.15, -0.1) is 0 Å². The first-order chi connectivity index (χ1) is 11.2. The van der Waals surface area contributed by atoms with Gasteiger partial charge < -0.3 is 19.8 Å². The summed E-state index contributed by atoms with van der Waals surface area (Å²) in [7, 11) is 1.73. The van der Waals surface area contributed by atoms with Gasteiger partial charge in [-0.05, 0) is 17.7 Å². The Bertz CT molecular complexity index is 791. The Morgan fingerprint density at radius 2 is 2.00 bits per heavy atom. The Morgan fingerprint density at radius 3 is 2.70 bits per heavy atom. The first-order valence-corrected chi connectivity index (χ1v) is 6.70. The van der Waals surface area contributed by atoms with Gasteiger partial charge in [0.25, 0.3) is 0 Å². The number of nitrogens with one attached hydrogen (secondary N) is 2. The third-order valence-electron chi connectivity index (χ3n) is 3.01. The van der Waals surface area contributed by atoms with E-state index in [2.05, 4.69) is 30.0 Å². The van der Waals surface area contributed by atoms with E-state index >= 15 is 0 Å². The molecule has 0 fully saturated rings. The Hall–Kier alpha value is -2.97. The van der Waals surface area contributed by atoms with Crippen LogP contribution in [-0.4, -0.2) is 33.6 Å². The summed E-state index contributed by atoms with van der Waals surface area (Å²) >= 11 is 0. The average molecular weight is 321 g/mol. The predicted molar refractivity (Wildman–Crippen MR) is 78.6 cm³/mol. The second-order valence-electron chi connectivity index (χ2n) is 4.52. The van der Waals surface area contributed by atoms with E-state index in [1.807, 2.05) is 0 Å². The zero-order valence-electron chi connectivity index (χ0n) is 12.1. The summed E-state index contributed by atoms with van der Waals surface area (Å²) in [6.45, 7) is -2.62. The molecule has 0 saturated heterocycles. The van der Waals surface area contributed by atoms with Crippen LogP contribution in [0.1, 0.15) is 5.56 Å². The second kappa shape index (κ2) is 6.42. The topological polar surface area (TPSA) is 85.0 Å². The number of fused-ring (bicyclic) bond motifs is 1. The molecule has 120 valence electrons. The van der Waals surface area contributed by atoms with Crippen LogP contribution in [0.15, 0.2) is 30.6 Å². The van der Waals surface area contributed by atoms with E-state index in [0.29, 0.717) is 23.0 Å². The standard InChI is InChI=1S/C14H13F2N5O2/c1-17-14-20-10-11(21-14)18-7-19-12(10)22-6-8-2-4-9(5-3-8)23-13(15)16/h2-5,7,13H,6H2,1H3,(H2,17,18,19,20,21). The molecule has 9 heteroatoms. The number of benzene rings is 1. The van der Waals surface area contributed by atoms with Crippen LogP contribution in [0.25, 0.3) is 11.2 Å². The molecule has 0 amide bonds. The highest BCUT2D eigenvalue weighted by atomic mass is 19.3. The van der Waals surface area contributed by atoms with E-state index < -0.39 is 6.61 Å². The van der Waals surface area contributed by atoms with Gasteiger partial charge in [-0.3, -0.25) is 0 Å². The van der Waals surface area contributed by atoms with Crippen molar-refractivity contribution in [2.75, 3.05) is 12.4 Å². The van der Waals surface area contributed by atoms with E-state index in [1.54, 1.807) is 19.2 Å². The van der Waals surface area contributed by atoms with Crippen molar-refractivity contribution in [3.8, 4) is 11.6 Å². The quantitative estimate of drug-likeness (QED) is 0.726. The van der Waals surface area contributed by atoms with Gasteiger partial charge >= 0.3 is 6.61 Å². The highest BCUT2D eigenvalue weighted by Gasteiger charge is 2.10. The molecular weight excluding hydrogens is 308 g/mol. The fraction of sp³-hybridized carbons (Fsp3) is 0.214. The van der Waals surface area contributed by atoms with E-state index in [0.717, 1.165) is 5.56 Å². The maximum atomic E-state index is 12.1. The summed E-state index contributed by atoms with van der Waals surface area (Å²) in [6, 6.07) is 6.19. The molecule has 1 aromatic carbocycles. The van der Waals surface area contributed by atoms with Gasteiger partial charge in [-0.25, -0.2) is 4.98 Å². The molecule has 0 spiro atoms. The summed E-state index contributed by atoms with van der Waals surface area (Å²) in [5.41, 5.74) is 1.85. The van der Waals surface area contributed by atoms with Crippen molar-refractivity contribution in [1.82, 2.24) is 19.9 Å². The molecular formula is C14H13F2N5O2. The Labute approximate surface area is 129 Å². The molecule has 0 aliphatic carbocycles. The number of aromatic amines is 1. The number of hydrogen-bond donors (Lipinski definition) is 2. The third-order valence-corrected chi connectivity index (χ3v) is 3.01. The molecule has 0 aliphatic heterocycles. The van der Waals surface area contributed by atoms with Gasteiger partial charge in [0.2, 0.25) is 11.8 Å². The number of H-pyrrole nitrogens is 1. The molecule has 23 heavy (non-hydrogen) atoms. The number of rotatable bonds is 6. The fourth-order valence-electron chi connectivity index (χ4n) is 1.95. The number of anilines is 1. The maximum Gasteiger partial charge on any atom is 0.387 e. The molecule has 0 saturated carbocycles. The minimum absolute atomic E-state index is 0.0976. The Balaban J connectivity index is 1.71. The molecule has 0 atom stereocenters. The maximum absolute atomic E-state index is 12.1. The molecule has 2 heterocycles. The Morgan fingerprint density at radius 1 is 1.22 bits per heavy atom. The average Bonchev–Trinajstić information content (AvgIpc) is 2.97. The van der Waals surface area contributed by atoms with Crippen LogP contribution in [-0.2, 0) is 6.61 Å². The van der Waals surface area contributed by atoms with Gasteiger partial charge in [0.15, 0.2) is 5.65 Å². The summed E-state index contributed by atoms with van der Waals surface area (Å²) in [5, 5.41) is 2.87. The molecule has 3 aromatic rings. The number of nitrogens with zero attached hydrogens (tertiary/aromatic N) is 3. The second-order valence-corrected chi connectivity index (χ2v) is 4.52. The van der Waals surface area contributed by atoms with Crippen molar-refractivity contribution < 1.29 is 18.3 Å². The summed E-state index contributed by atoms with van der Waals surface area (Å²) in [4.78, 5) is 15.3. The molecule has 2 N–H and O–H groups in total. The molecule has 0 radical (unpaired) electrons. The molecule has 0 aliphatic rings. The zero-order chi connectivity index (χ0) is 16.2. The van der Waals surface area contributed by atoms with Crippen molar-refractivity contribution in [2.45, 2.75) is 13.2 Å². The first-order valence-electron chi connectivity index (χ1n) is 6.70. The summed E-state index contributed by atoms with van der Waals surface area (Å²) in [6.07, 6.45) is 1.36. The minimum atomic E-state index is -2.84.